The van der Waals surface area contributed by atoms with Crippen molar-refractivity contribution in [2.24, 2.45) is 5.10 Å². The summed E-state index contributed by atoms with van der Waals surface area (Å²) in [6, 6.07) is 14.1. The monoisotopic (exact) mass is 410 g/mol. The molecule has 0 bridgehead atoms. The molecule has 0 atom stereocenters. The number of nitrogens with one attached hydrogen (secondary N) is 1. The van der Waals surface area contributed by atoms with E-state index < -0.39 is 10.1 Å². The highest BCUT2D eigenvalue weighted by molar-refractivity contribution is 7.85. The van der Waals surface area contributed by atoms with Gasteiger partial charge in [0.25, 0.3) is 10.1 Å². The molecule has 0 aliphatic heterocycles. The summed E-state index contributed by atoms with van der Waals surface area (Å²) in [5.41, 5.74) is 4.14. The molecular formula is C17H12Cl2N2O4S. The van der Waals surface area contributed by atoms with Crippen LogP contribution in [0, 0.1) is 0 Å². The van der Waals surface area contributed by atoms with Gasteiger partial charge in [-0.1, -0.05) is 23.2 Å². The smallest absolute Gasteiger partial charge is 0.294 e. The molecule has 0 radical (unpaired) electrons. The summed E-state index contributed by atoms with van der Waals surface area (Å²) in [5.74, 6) is 1.02. The summed E-state index contributed by atoms with van der Waals surface area (Å²) < 4.78 is 36.7. The van der Waals surface area contributed by atoms with Gasteiger partial charge in [-0.15, -0.1) is 0 Å². The summed E-state index contributed by atoms with van der Waals surface area (Å²) in [6.07, 6.45) is 1.48. The molecule has 26 heavy (non-hydrogen) atoms. The minimum atomic E-state index is -4.22. The average molecular weight is 411 g/mol. The Morgan fingerprint density at radius 1 is 1.00 bits per heavy atom. The highest BCUT2D eigenvalue weighted by Gasteiger charge is 2.10. The zero-order chi connectivity index (χ0) is 18.7. The van der Waals surface area contributed by atoms with E-state index in [1.54, 1.807) is 30.3 Å². The third kappa shape index (κ3) is 4.44. The van der Waals surface area contributed by atoms with Crippen LogP contribution in [0.2, 0.25) is 10.0 Å². The zero-order valence-electron chi connectivity index (χ0n) is 13.1. The molecule has 3 rings (SSSR count). The third-order valence-corrected chi connectivity index (χ3v) is 4.98. The first kappa shape index (κ1) is 18.5. The van der Waals surface area contributed by atoms with Crippen LogP contribution >= 0.6 is 23.2 Å². The number of nitrogens with zero attached hydrogens (tertiary/aromatic N) is 1. The van der Waals surface area contributed by atoms with E-state index in [0.717, 1.165) is 0 Å². The molecule has 9 heteroatoms. The standard InChI is InChI=1S/C17H12Cl2N2O4S/c18-15-7-3-12(9-16(15)19)21-20-10-13-4-8-17(25-13)11-1-5-14(6-2-11)26(22,23)24/h1-10,21H,(H,22,23,24). The molecule has 1 heterocycles. The van der Waals surface area contributed by atoms with Crippen molar-refractivity contribution in [3.63, 3.8) is 0 Å². The van der Waals surface area contributed by atoms with E-state index in [9.17, 15) is 8.42 Å². The Balaban J connectivity index is 1.70. The van der Waals surface area contributed by atoms with E-state index in [4.69, 9.17) is 32.2 Å². The average Bonchev–Trinajstić information content (AvgIpc) is 3.06. The first-order chi connectivity index (χ1) is 12.3. The number of rotatable bonds is 5. The third-order valence-electron chi connectivity index (χ3n) is 3.37. The van der Waals surface area contributed by atoms with Gasteiger partial charge >= 0.3 is 0 Å². The summed E-state index contributed by atoms with van der Waals surface area (Å²) >= 11 is 11.8. The van der Waals surface area contributed by atoms with E-state index >= 15 is 0 Å². The maximum atomic E-state index is 11.1. The SMILES string of the molecule is O=S(=O)(O)c1ccc(-c2ccc(C=NNc3ccc(Cl)c(Cl)c3)o2)cc1. The summed E-state index contributed by atoms with van der Waals surface area (Å²) in [6.45, 7) is 0. The van der Waals surface area contributed by atoms with E-state index in [2.05, 4.69) is 10.5 Å². The van der Waals surface area contributed by atoms with Crippen LogP contribution in [0.15, 0.2) is 69.0 Å². The Kier molecular flexibility index (Phi) is 5.33. The van der Waals surface area contributed by atoms with Crippen molar-refractivity contribution in [2.45, 2.75) is 4.90 Å². The molecule has 0 amide bonds. The number of hydrazone groups is 1. The van der Waals surface area contributed by atoms with Gasteiger partial charge in [0.2, 0.25) is 0 Å². The first-order valence-corrected chi connectivity index (χ1v) is 9.44. The fourth-order valence-corrected chi connectivity index (χ4v) is 2.88. The zero-order valence-corrected chi connectivity index (χ0v) is 15.4. The second-order valence-electron chi connectivity index (χ2n) is 5.20. The Morgan fingerprint density at radius 2 is 1.73 bits per heavy atom. The van der Waals surface area contributed by atoms with Gasteiger partial charge in [0.05, 0.1) is 26.8 Å². The van der Waals surface area contributed by atoms with E-state index in [1.165, 1.54) is 30.5 Å². The molecule has 134 valence electrons. The maximum absolute atomic E-state index is 11.1. The van der Waals surface area contributed by atoms with Gasteiger partial charge in [0.1, 0.15) is 11.5 Å². The number of halogens is 2. The summed E-state index contributed by atoms with van der Waals surface area (Å²) in [7, 11) is -4.22. The quantitative estimate of drug-likeness (QED) is 0.352. The van der Waals surface area contributed by atoms with Crippen LogP contribution in [-0.4, -0.2) is 19.2 Å². The van der Waals surface area contributed by atoms with E-state index in [-0.39, 0.29) is 4.90 Å². The molecule has 0 aliphatic rings. The molecule has 1 aromatic heterocycles. The van der Waals surface area contributed by atoms with Gasteiger partial charge in [-0.2, -0.15) is 13.5 Å². The topological polar surface area (TPSA) is 91.9 Å². The molecule has 0 aliphatic carbocycles. The number of hydrogen-bond acceptors (Lipinski definition) is 5. The van der Waals surface area contributed by atoms with Gasteiger partial charge < -0.3 is 4.42 Å². The molecule has 2 aromatic carbocycles. The predicted octanol–water partition coefficient (Wildman–Crippen LogP) is 4.95. The van der Waals surface area contributed by atoms with Crippen molar-refractivity contribution in [1.82, 2.24) is 0 Å². The highest BCUT2D eigenvalue weighted by Crippen LogP contribution is 2.25. The lowest BCUT2D eigenvalue weighted by Crippen LogP contribution is -1.97. The first-order valence-electron chi connectivity index (χ1n) is 7.25. The molecule has 0 unspecified atom stereocenters. The lowest BCUT2D eigenvalue weighted by molar-refractivity contribution is 0.483. The lowest BCUT2D eigenvalue weighted by atomic mass is 10.2. The van der Waals surface area contributed by atoms with Crippen LogP contribution in [0.4, 0.5) is 5.69 Å². The minimum absolute atomic E-state index is 0.180. The van der Waals surface area contributed by atoms with Crippen molar-refractivity contribution in [1.29, 1.82) is 0 Å². The number of anilines is 1. The second-order valence-corrected chi connectivity index (χ2v) is 7.44. The Hall–Kier alpha value is -2.32. The van der Waals surface area contributed by atoms with Crippen molar-refractivity contribution in [3.8, 4) is 11.3 Å². The fraction of sp³-hybridized carbons (Fsp3) is 0. The van der Waals surface area contributed by atoms with Crippen LogP contribution in [0.25, 0.3) is 11.3 Å². The van der Waals surface area contributed by atoms with Crippen molar-refractivity contribution >= 4 is 45.2 Å². The predicted molar refractivity (Wildman–Crippen MR) is 102 cm³/mol. The van der Waals surface area contributed by atoms with Crippen LogP contribution in [0.3, 0.4) is 0 Å². The van der Waals surface area contributed by atoms with Gasteiger partial charge in [-0.05, 0) is 54.6 Å². The largest absolute Gasteiger partial charge is 0.455 e. The van der Waals surface area contributed by atoms with E-state index in [0.29, 0.717) is 32.8 Å². The van der Waals surface area contributed by atoms with Gasteiger partial charge in [-0.25, -0.2) is 0 Å². The van der Waals surface area contributed by atoms with Gasteiger partial charge in [0.15, 0.2) is 0 Å². The number of benzene rings is 2. The second kappa shape index (κ2) is 7.51. The lowest BCUT2D eigenvalue weighted by Gasteiger charge is -2.01. The van der Waals surface area contributed by atoms with Crippen LogP contribution in [0.5, 0.6) is 0 Å². The molecule has 2 N–H and O–H groups in total. The summed E-state index contributed by atoms with van der Waals surface area (Å²) in [5, 5.41) is 4.93. The van der Waals surface area contributed by atoms with Crippen molar-refractivity contribution in [3.05, 3.63) is 70.4 Å². The summed E-state index contributed by atoms with van der Waals surface area (Å²) in [4.78, 5) is -0.180. The minimum Gasteiger partial charge on any atom is -0.455 e. The fourth-order valence-electron chi connectivity index (χ4n) is 2.10. The number of hydrogen-bond donors (Lipinski definition) is 2. The van der Waals surface area contributed by atoms with Gasteiger partial charge in [0, 0.05) is 5.56 Å². The molecule has 0 fully saturated rings. The van der Waals surface area contributed by atoms with Crippen molar-refractivity contribution < 1.29 is 17.4 Å². The normalized spacial score (nSPS) is 11.8. The molecule has 3 aromatic rings. The molecule has 6 nitrogen and oxygen atoms in total. The Bertz CT molecular complexity index is 1060. The number of furan rings is 1. The van der Waals surface area contributed by atoms with Crippen LogP contribution < -0.4 is 5.43 Å². The van der Waals surface area contributed by atoms with Gasteiger partial charge in [-0.3, -0.25) is 9.98 Å². The van der Waals surface area contributed by atoms with Crippen molar-refractivity contribution in [2.75, 3.05) is 5.43 Å². The van der Waals surface area contributed by atoms with Crippen LogP contribution in [0.1, 0.15) is 5.76 Å². The molecule has 0 saturated carbocycles. The molecule has 0 saturated heterocycles. The molecular weight excluding hydrogens is 399 g/mol. The molecule has 0 spiro atoms. The Labute approximate surface area is 159 Å². The Morgan fingerprint density at radius 3 is 2.38 bits per heavy atom. The van der Waals surface area contributed by atoms with E-state index in [1.807, 2.05) is 0 Å². The van der Waals surface area contributed by atoms with Crippen LogP contribution in [-0.2, 0) is 10.1 Å². The highest BCUT2D eigenvalue weighted by atomic mass is 35.5. The maximum Gasteiger partial charge on any atom is 0.294 e.